The van der Waals surface area contributed by atoms with Gasteiger partial charge in [0, 0.05) is 30.0 Å². The van der Waals surface area contributed by atoms with Gasteiger partial charge in [0.15, 0.2) is 0 Å². The number of ketones is 1. The van der Waals surface area contributed by atoms with Gasteiger partial charge in [-0.15, -0.1) is 11.3 Å². The van der Waals surface area contributed by atoms with Gasteiger partial charge in [-0.2, -0.15) is 0 Å². The molecule has 0 aromatic carbocycles. The number of hydrogen-bond donors (Lipinski definition) is 0. The zero-order chi connectivity index (χ0) is 12.1. The van der Waals surface area contributed by atoms with Crippen molar-refractivity contribution in [3.63, 3.8) is 0 Å². The summed E-state index contributed by atoms with van der Waals surface area (Å²) in [6.07, 6.45) is 2.61. The van der Waals surface area contributed by atoms with Crippen molar-refractivity contribution in [2.45, 2.75) is 12.8 Å². The van der Waals surface area contributed by atoms with Crippen LogP contribution < -0.4 is 4.74 Å². The number of thiophene rings is 1. The van der Waals surface area contributed by atoms with Crippen molar-refractivity contribution < 1.29 is 9.53 Å². The van der Waals surface area contributed by atoms with E-state index in [1.54, 1.807) is 30.7 Å². The molecule has 2 rings (SSSR count). The number of Topliss-reactive ketones (excluding diaryl/α,β-unsaturated/α-hetero) is 1. The second-order valence-corrected chi connectivity index (χ2v) is 4.71. The second-order valence-electron chi connectivity index (χ2n) is 3.68. The molecular weight excluding hydrogens is 234 g/mol. The number of methoxy groups -OCH3 is 1. The first-order valence-electron chi connectivity index (χ1n) is 5.31. The minimum Gasteiger partial charge on any atom is -0.481 e. The largest absolute Gasteiger partial charge is 0.481 e. The molecule has 0 aliphatic rings. The van der Waals surface area contributed by atoms with Gasteiger partial charge in [0.1, 0.15) is 5.78 Å². The lowest BCUT2D eigenvalue weighted by molar-refractivity contribution is -0.117. The van der Waals surface area contributed by atoms with E-state index in [0.717, 1.165) is 10.4 Å². The third-order valence-electron chi connectivity index (χ3n) is 2.36. The number of aromatic nitrogens is 1. The Labute approximate surface area is 104 Å². The number of rotatable bonds is 5. The van der Waals surface area contributed by atoms with E-state index in [9.17, 15) is 4.79 Å². The minimum absolute atomic E-state index is 0.208. The summed E-state index contributed by atoms with van der Waals surface area (Å²) in [5, 5.41) is 1.98. The van der Waals surface area contributed by atoms with Crippen LogP contribution in [0.2, 0.25) is 0 Å². The van der Waals surface area contributed by atoms with Crippen LogP contribution in [0.1, 0.15) is 10.4 Å². The number of pyridine rings is 1. The molecule has 3 nitrogen and oxygen atoms in total. The minimum atomic E-state index is 0.208. The average molecular weight is 247 g/mol. The molecule has 0 fully saturated rings. The molecule has 0 N–H and O–H groups in total. The Balaban J connectivity index is 1.93. The van der Waals surface area contributed by atoms with Crippen molar-refractivity contribution in [3.8, 4) is 5.88 Å². The van der Waals surface area contributed by atoms with Crippen molar-refractivity contribution in [2.24, 2.45) is 0 Å². The molecule has 0 spiro atoms. The molecule has 0 unspecified atom stereocenters. The molecule has 17 heavy (non-hydrogen) atoms. The zero-order valence-corrected chi connectivity index (χ0v) is 10.4. The molecule has 0 aliphatic carbocycles. The summed E-state index contributed by atoms with van der Waals surface area (Å²) in [6.45, 7) is 0. The van der Waals surface area contributed by atoms with Crippen molar-refractivity contribution in [2.75, 3.05) is 7.11 Å². The van der Waals surface area contributed by atoms with Gasteiger partial charge in [-0.05, 0) is 17.0 Å². The monoisotopic (exact) mass is 247 g/mol. The molecular formula is C13H13NO2S. The number of carbonyl (C=O) groups excluding carboxylic acids is 1. The van der Waals surface area contributed by atoms with Crippen molar-refractivity contribution in [3.05, 3.63) is 46.3 Å². The Morgan fingerprint density at radius 3 is 2.82 bits per heavy atom. The fourth-order valence-electron chi connectivity index (χ4n) is 1.53. The summed E-state index contributed by atoms with van der Waals surface area (Å²) in [4.78, 5) is 17.0. The molecule has 4 heteroatoms. The van der Waals surface area contributed by atoms with Crippen LogP contribution in [0.5, 0.6) is 5.88 Å². The van der Waals surface area contributed by atoms with Gasteiger partial charge in [0.25, 0.3) is 0 Å². The quantitative estimate of drug-likeness (QED) is 0.815. The van der Waals surface area contributed by atoms with Gasteiger partial charge >= 0.3 is 0 Å². The third-order valence-corrected chi connectivity index (χ3v) is 3.24. The molecule has 2 aromatic rings. The highest BCUT2D eigenvalue weighted by molar-refractivity contribution is 7.10. The van der Waals surface area contributed by atoms with E-state index in [-0.39, 0.29) is 5.78 Å². The number of carbonyl (C=O) groups is 1. The Kier molecular flexibility index (Phi) is 3.88. The molecule has 88 valence electrons. The highest BCUT2D eigenvalue weighted by Crippen LogP contribution is 2.12. The van der Waals surface area contributed by atoms with E-state index in [0.29, 0.717) is 18.7 Å². The fourth-order valence-corrected chi connectivity index (χ4v) is 2.27. The predicted octanol–water partition coefficient (Wildman–Crippen LogP) is 2.51. The summed E-state index contributed by atoms with van der Waals surface area (Å²) in [5.74, 6) is 0.777. The van der Waals surface area contributed by atoms with Crippen LogP contribution in [0, 0.1) is 0 Å². The molecule has 0 saturated carbocycles. The molecule has 2 aromatic heterocycles. The third kappa shape index (κ3) is 3.39. The van der Waals surface area contributed by atoms with Crippen molar-refractivity contribution in [1.82, 2.24) is 4.98 Å². The first-order valence-corrected chi connectivity index (χ1v) is 6.19. The lowest BCUT2D eigenvalue weighted by atomic mass is 10.1. The first kappa shape index (κ1) is 11.8. The van der Waals surface area contributed by atoms with E-state index < -0.39 is 0 Å². The normalized spacial score (nSPS) is 10.2. The van der Waals surface area contributed by atoms with E-state index in [4.69, 9.17) is 4.74 Å². The van der Waals surface area contributed by atoms with Crippen LogP contribution in [0.3, 0.4) is 0 Å². The lowest BCUT2D eigenvalue weighted by Crippen LogP contribution is -2.05. The zero-order valence-electron chi connectivity index (χ0n) is 9.55. The maximum atomic E-state index is 11.8. The maximum Gasteiger partial charge on any atom is 0.212 e. The van der Waals surface area contributed by atoms with Gasteiger partial charge in [0.2, 0.25) is 5.88 Å². The topological polar surface area (TPSA) is 39.2 Å². The van der Waals surface area contributed by atoms with Gasteiger partial charge in [-0.25, -0.2) is 4.98 Å². The molecule has 0 radical (unpaired) electrons. The Hall–Kier alpha value is -1.68. The van der Waals surface area contributed by atoms with E-state index in [1.807, 2.05) is 23.6 Å². The fraction of sp³-hybridized carbons (Fsp3) is 0.231. The van der Waals surface area contributed by atoms with Gasteiger partial charge < -0.3 is 4.74 Å². The van der Waals surface area contributed by atoms with E-state index in [1.165, 1.54) is 0 Å². The number of ether oxygens (including phenoxy) is 1. The van der Waals surface area contributed by atoms with Crippen LogP contribution in [0.15, 0.2) is 35.8 Å². The number of hydrogen-bond acceptors (Lipinski definition) is 4. The van der Waals surface area contributed by atoms with Gasteiger partial charge in [-0.3, -0.25) is 4.79 Å². The lowest BCUT2D eigenvalue weighted by Gasteiger charge is -2.01. The van der Waals surface area contributed by atoms with Crippen LogP contribution in [0.4, 0.5) is 0 Å². The van der Waals surface area contributed by atoms with Crippen LogP contribution in [-0.4, -0.2) is 17.9 Å². The summed E-state index contributed by atoms with van der Waals surface area (Å²) in [5.41, 5.74) is 0.923. The van der Waals surface area contributed by atoms with Crippen LogP contribution in [-0.2, 0) is 17.6 Å². The van der Waals surface area contributed by atoms with Gasteiger partial charge in [-0.1, -0.05) is 12.1 Å². The Morgan fingerprint density at radius 1 is 1.35 bits per heavy atom. The SMILES string of the molecule is COc1ccc(CC(=O)Cc2cccs2)cn1. The standard InChI is InChI=1S/C13H13NO2S/c1-16-13-5-4-10(9-14-13)7-11(15)8-12-3-2-6-17-12/h2-6,9H,7-8H2,1H3. The van der Waals surface area contributed by atoms with E-state index >= 15 is 0 Å². The van der Waals surface area contributed by atoms with E-state index in [2.05, 4.69) is 4.98 Å². The molecule has 0 amide bonds. The molecule has 0 aliphatic heterocycles. The van der Waals surface area contributed by atoms with Crippen molar-refractivity contribution >= 4 is 17.1 Å². The second kappa shape index (κ2) is 5.59. The highest BCUT2D eigenvalue weighted by Gasteiger charge is 2.06. The Morgan fingerprint density at radius 2 is 2.24 bits per heavy atom. The first-order chi connectivity index (χ1) is 8.28. The summed E-state index contributed by atoms with van der Waals surface area (Å²) < 4.78 is 4.97. The summed E-state index contributed by atoms with van der Waals surface area (Å²) in [7, 11) is 1.57. The smallest absolute Gasteiger partial charge is 0.212 e. The summed E-state index contributed by atoms with van der Waals surface area (Å²) >= 11 is 1.61. The number of nitrogens with zero attached hydrogens (tertiary/aromatic N) is 1. The molecule has 0 bridgehead atoms. The van der Waals surface area contributed by atoms with Crippen LogP contribution >= 0.6 is 11.3 Å². The van der Waals surface area contributed by atoms with Crippen molar-refractivity contribution in [1.29, 1.82) is 0 Å². The maximum absolute atomic E-state index is 11.8. The highest BCUT2D eigenvalue weighted by atomic mass is 32.1. The molecule has 0 saturated heterocycles. The summed E-state index contributed by atoms with van der Waals surface area (Å²) in [6, 6.07) is 7.59. The molecule has 0 atom stereocenters. The Bertz CT molecular complexity index is 477. The van der Waals surface area contributed by atoms with Gasteiger partial charge in [0.05, 0.1) is 7.11 Å². The van der Waals surface area contributed by atoms with Crippen LogP contribution in [0.25, 0.3) is 0 Å². The average Bonchev–Trinajstić information content (AvgIpc) is 2.82. The molecule has 2 heterocycles. The predicted molar refractivity (Wildman–Crippen MR) is 67.5 cm³/mol.